The van der Waals surface area contributed by atoms with Crippen LogP contribution in [0.5, 0.6) is 0 Å². The van der Waals surface area contributed by atoms with E-state index in [0.717, 1.165) is 6.42 Å². The number of carbonyl (C=O) groups is 1. The van der Waals surface area contributed by atoms with Gasteiger partial charge in [0.25, 0.3) is 5.91 Å². The predicted octanol–water partition coefficient (Wildman–Crippen LogP) is 2.31. The number of nitrogen functional groups attached to an aromatic ring is 1. The van der Waals surface area contributed by atoms with Crippen molar-refractivity contribution in [2.24, 2.45) is 0 Å². The Bertz CT molecular complexity index is 637. The summed E-state index contributed by atoms with van der Waals surface area (Å²) in [6, 6.07) is 15.1. The Kier molecular flexibility index (Phi) is 3.88. The van der Waals surface area contributed by atoms with Gasteiger partial charge in [-0.15, -0.1) is 0 Å². The molecule has 2 aromatic carbocycles. The Morgan fingerprint density at radius 2 is 1.95 bits per heavy atom. The molecule has 0 saturated carbocycles. The summed E-state index contributed by atoms with van der Waals surface area (Å²) in [5.41, 5.74) is 9.34. The lowest BCUT2D eigenvalue weighted by Gasteiger charge is -2.26. The summed E-state index contributed by atoms with van der Waals surface area (Å²) in [6.07, 6.45) is 0.853. The third-order valence-electron chi connectivity index (χ3n) is 3.71. The molecule has 1 aliphatic heterocycles. The SMILES string of the molecule is Nc1ccc(C(=O)NC[C@@H]2OCCc3ccccc32)cc1. The summed E-state index contributed by atoms with van der Waals surface area (Å²) in [7, 11) is 0. The maximum atomic E-state index is 12.1. The number of benzene rings is 2. The Labute approximate surface area is 123 Å². The molecule has 0 saturated heterocycles. The third kappa shape index (κ3) is 3.06. The molecule has 0 radical (unpaired) electrons. The zero-order valence-corrected chi connectivity index (χ0v) is 11.7. The first-order valence-electron chi connectivity index (χ1n) is 7.07. The van der Waals surface area contributed by atoms with Crippen molar-refractivity contribution >= 4 is 11.6 Å². The van der Waals surface area contributed by atoms with Crippen LogP contribution in [0.4, 0.5) is 5.69 Å². The molecule has 0 fully saturated rings. The number of nitrogens with two attached hydrogens (primary N) is 1. The number of ether oxygens (including phenoxy) is 1. The zero-order chi connectivity index (χ0) is 14.7. The second-order valence-corrected chi connectivity index (χ2v) is 5.14. The van der Waals surface area contributed by atoms with E-state index < -0.39 is 0 Å². The number of carbonyl (C=O) groups excluding carboxylic acids is 1. The fourth-order valence-electron chi connectivity index (χ4n) is 2.57. The highest BCUT2D eigenvalue weighted by atomic mass is 16.5. The number of anilines is 1. The predicted molar refractivity (Wildman–Crippen MR) is 82.0 cm³/mol. The number of hydrogen-bond donors (Lipinski definition) is 2. The molecule has 0 unspecified atom stereocenters. The molecule has 0 aliphatic carbocycles. The van der Waals surface area contributed by atoms with Gasteiger partial charge in [0.2, 0.25) is 0 Å². The fraction of sp³-hybridized carbons (Fsp3) is 0.235. The lowest BCUT2D eigenvalue weighted by Crippen LogP contribution is -2.31. The van der Waals surface area contributed by atoms with Gasteiger partial charge in [-0.05, 0) is 41.8 Å². The number of nitrogens with one attached hydrogen (secondary N) is 1. The summed E-state index contributed by atoms with van der Waals surface area (Å²) in [5.74, 6) is -0.110. The molecule has 1 atom stereocenters. The molecule has 3 rings (SSSR count). The first kappa shape index (κ1) is 13.6. The highest BCUT2D eigenvalue weighted by molar-refractivity contribution is 5.94. The smallest absolute Gasteiger partial charge is 0.251 e. The van der Waals surface area contributed by atoms with Crippen molar-refractivity contribution in [1.29, 1.82) is 0 Å². The maximum absolute atomic E-state index is 12.1. The molecule has 4 heteroatoms. The van der Waals surface area contributed by atoms with Crippen molar-refractivity contribution < 1.29 is 9.53 Å². The Balaban J connectivity index is 1.66. The van der Waals surface area contributed by atoms with Gasteiger partial charge in [-0.2, -0.15) is 0 Å². The van der Waals surface area contributed by atoms with Crippen LogP contribution in [0.15, 0.2) is 48.5 Å². The van der Waals surface area contributed by atoms with Gasteiger partial charge < -0.3 is 15.8 Å². The number of fused-ring (bicyclic) bond motifs is 1. The van der Waals surface area contributed by atoms with E-state index in [0.29, 0.717) is 24.4 Å². The Morgan fingerprint density at radius 3 is 2.76 bits per heavy atom. The van der Waals surface area contributed by atoms with Crippen molar-refractivity contribution in [3.05, 3.63) is 65.2 Å². The van der Waals surface area contributed by atoms with E-state index in [-0.39, 0.29) is 12.0 Å². The molecule has 0 spiro atoms. The summed E-state index contributed by atoms with van der Waals surface area (Å²) < 4.78 is 5.78. The molecule has 3 N–H and O–H groups in total. The van der Waals surface area contributed by atoms with Gasteiger partial charge in [-0.3, -0.25) is 4.79 Å². The van der Waals surface area contributed by atoms with Gasteiger partial charge in [0.15, 0.2) is 0 Å². The van der Waals surface area contributed by atoms with Gasteiger partial charge in [0.05, 0.1) is 6.61 Å². The van der Waals surface area contributed by atoms with Gasteiger partial charge in [-0.1, -0.05) is 24.3 Å². The summed E-state index contributed by atoms with van der Waals surface area (Å²) >= 11 is 0. The second kappa shape index (κ2) is 5.97. The second-order valence-electron chi connectivity index (χ2n) is 5.14. The number of amides is 1. The quantitative estimate of drug-likeness (QED) is 0.849. The van der Waals surface area contributed by atoms with Crippen LogP contribution in [0.3, 0.4) is 0 Å². The van der Waals surface area contributed by atoms with Crippen LogP contribution in [0, 0.1) is 0 Å². The van der Waals surface area contributed by atoms with Crippen LogP contribution in [-0.2, 0) is 11.2 Å². The average Bonchev–Trinajstić information content (AvgIpc) is 2.53. The number of rotatable bonds is 3. The van der Waals surface area contributed by atoms with Crippen molar-refractivity contribution in [3.63, 3.8) is 0 Å². The van der Waals surface area contributed by atoms with Crippen molar-refractivity contribution in [2.75, 3.05) is 18.9 Å². The first-order chi connectivity index (χ1) is 10.2. The van der Waals surface area contributed by atoms with E-state index in [2.05, 4.69) is 17.4 Å². The molecule has 1 aliphatic rings. The van der Waals surface area contributed by atoms with Crippen molar-refractivity contribution in [2.45, 2.75) is 12.5 Å². The molecule has 0 bridgehead atoms. The lowest BCUT2D eigenvalue weighted by molar-refractivity contribution is 0.0411. The standard InChI is InChI=1S/C17H18N2O2/c18-14-7-5-13(6-8-14)17(20)19-11-16-15-4-2-1-3-12(15)9-10-21-16/h1-8,16H,9-11,18H2,(H,19,20)/t16-/m0/s1. The molecule has 108 valence electrons. The minimum Gasteiger partial charge on any atom is -0.399 e. The van der Waals surface area contributed by atoms with E-state index in [1.54, 1.807) is 24.3 Å². The molecule has 1 heterocycles. The minimum absolute atomic E-state index is 0.0762. The first-order valence-corrected chi connectivity index (χ1v) is 7.07. The highest BCUT2D eigenvalue weighted by Gasteiger charge is 2.20. The Morgan fingerprint density at radius 1 is 1.19 bits per heavy atom. The average molecular weight is 282 g/mol. The topological polar surface area (TPSA) is 64.4 Å². The molecule has 0 aromatic heterocycles. The zero-order valence-electron chi connectivity index (χ0n) is 11.7. The monoisotopic (exact) mass is 282 g/mol. The molecule has 21 heavy (non-hydrogen) atoms. The van der Waals surface area contributed by atoms with E-state index in [9.17, 15) is 4.79 Å². The molecule has 4 nitrogen and oxygen atoms in total. The highest BCUT2D eigenvalue weighted by Crippen LogP contribution is 2.26. The molecule has 2 aromatic rings. The van der Waals surface area contributed by atoms with Crippen LogP contribution >= 0.6 is 0 Å². The third-order valence-corrected chi connectivity index (χ3v) is 3.71. The van der Waals surface area contributed by atoms with Gasteiger partial charge in [0.1, 0.15) is 6.10 Å². The van der Waals surface area contributed by atoms with E-state index >= 15 is 0 Å². The molecular weight excluding hydrogens is 264 g/mol. The van der Waals surface area contributed by atoms with Crippen LogP contribution in [0.2, 0.25) is 0 Å². The summed E-state index contributed by atoms with van der Waals surface area (Å²) in [6.45, 7) is 1.17. The summed E-state index contributed by atoms with van der Waals surface area (Å²) in [4.78, 5) is 12.1. The summed E-state index contributed by atoms with van der Waals surface area (Å²) in [5, 5.41) is 2.92. The lowest BCUT2D eigenvalue weighted by atomic mass is 9.97. The van der Waals surface area contributed by atoms with Crippen LogP contribution < -0.4 is 11.1 Å². The van der Waals surface area contributed by atoms with Crippen molar-refractivity contribution in [1.82, 2.24) is 5.32 Å². The van der Waals surface area contributed by atoms with Crippen LogP contribution in [-0.4, -0.2) is 19.1 Å². The number of hydrogen-bond acceptors (Lipinski definition) is 3. The molecule has 1 amide bonds. The Hall–Kier alpha value is -2.33. The minimum atomic E-state index is -0.110. The van der Waals surface area contributed by atoms with E-state index in [1.165, 1.54) is 11.1 Å². The molecular formula is C17H18N2O2. The van der Waals surface area contributed by atoms with Crippen LogP contribution in [0.25, 0.3) is 0 Å². The van der Waals surface area contributed by atoms with Crippen molar-refractivity contribution in [3.8, 4) is 0 Å². The fourth-order valence-corrected chi connectivity index (χ4v) is 2.57. The van der Waals surface area contributed by atoms with Gasteiger partial charge >= 0.3 is 0 Å². The van der Waals surface area contributed by atoms with Gasteiger partial charge in [0, 0.05) is 17.8 Å². The largest absolute Gasteiger partial charge is 0.399 e. The normalized spacial score (nSPS) is 17.0. The van der Waals surface area contributed by atoms with Gasteiger partial charge in [-0.25, -0.2) is 0 Å². The van der Waals surface area contributed by atoms with E-state index in [4.69, 9.17) is 10.5 Å². The maximum Gasteiger partial charge on any atom is 0.251 e. The van der Waals surface area contributed by atoms with E-state index in [1.807, 2.05) is 12.1 Å². The van der Waals surface area contributed by atoms with Crippen LogP contribution in [0.1, 0.15) is 27.6 Å².